The Morgan fingerprint density at radius 2 is 2.00 bits per heavy atom. The molecule has 0 aromatic heterocycles. The van der Waals surface area contributed by atoms with Crippen molar-refractivity contribution in [3.8, 4) is 0 Å². The Labute approximate surface area is 100 Å². The first kappa shape index (κ1) is 11.0. The van der Waals surface area contributed by atoms with E-state index in [1.54, 1.807) is 12.1 Å². The smallest absolute Gasteiger partial charge is 1.00 e. The minimum absolute atomic E-state index is 0. The molecule has 4 nitrogen and oxygen atoms in total. The van der Waals surface area contributed by atoms with Crippen LogP contribution in [0.15, 0.2) is 35.3 Å². The van der Waals surface area contributed by atoms with E-state index in [1.165, 1.54) is 0 Å². The molecule has 0 saturated heterocycles. The van der Waals surface area contributed by atoms with Gasteiger partial charge in [0.05, 0.1) is 0 Å². The van der Waals surface area contributed by atoms with Gasteiger partial charge in [0.15, 0.2) is 0 Å². The number of rotatable bonds is 1. The fourth-order valence-corrected chi connectivity index (χ4v) is 1.20. The number of benzene rings is 1. The molecule has 0 saturated carbocycles. The van der Waals surface area contributed by atoms with Crippen molar-refractivity contribution in [2.75, 3.05) is 0 Å². The molecule has 1 heterocycles. The number of amides is 1. The first-order valence-corrected chi connectivity index (χ1v) is 3.87. The van der Waals surface area contributed by atoms with Gasteiger partial charge in [-0.1, -0.05) is 30.3 Å². The summed E-state index contributed by atoms with van der Waals surface area (Å²) in [5.74, 6) is -0.344. The number of hydrogen-bond donors (Lipinski definition) is 1. The van der Waals surface area contributed by atoms with E-state index in [4.69, 9.17) is 10.5 Å². The van der Waals surface area contributed by atoms with E-state index < -0.39 is 6.10 Å². The first-order chi connectivity index (χ1) is 6.27. The molecule has 0 fully saturated rings. The van der Waals surface area contributed by atoms with Crippen LogP contribution in [0.1, 0.15) is 14.5 Å². The van der Waals surface area contributed by atoms with E-state index in [0.29, 0.717) is 0 Å². The normalized spacial score (nSPS) is 19.6. The summed E-state index contributed by atoms with van der Waals surface area (Å²) in [6.45, 7) is 0. The van der Waals surface area contributed by atoms with Gasteiger partial charge in [0, 0.05) is 5.56 Å². The van der Waals surface area contributed by atoms with E-state index in [2.05, 4.69) is 4.99 Å². The SMILES string of the molecule is NC1=NC(=O)C(c2ccccc2)O1.[H-].[H-].[Mg+2]. The van der Waals surface area contributed by atoms with Gasteiger partial charge >= 0.3 is 23.1 Å². The molecule has 1 aliphatic rings. The molecule has 5 heteroatoms. The van der Waals surface area contributed by atoms with E-state index in [-0.39, 0.29) is 37.8 Å². The standard InChI is InChI=1S/C9H8N2O2.Mg.2H/c10-9-11-8(12)7(13-9)6-4-2-1-3-5-6;;;/h1-5,7H,(H2,10,11,12);;;/q;+2;2*-1. The van der Waals surface area contributed by atoms with E-state index in [0.717, 1.165) is 5.56 Å². The molecule has 0 radical (unpaired) electrons. The minimum atomic E-state index is -0.652. The Kier molecular flexibility index (Phi) is 3.48. The van der Waals surface area contributed by atoms with Crippen LogP contribution >= 0.6 is 0 Å². The molecular formula is C9H10MgN2O2. The van der Waals surface area contributed by atoms with E-state index >= 15 is 0 Å². The van der Waals surface area contributed by atoms with Crippen molar-refractivity contribution >= 4 is 35.0 Å². The largest absolute Gasteiger partial charge is 2.00 e. The summed E-state index contributed by atoms with van der Waals surface area (Å²) in [5, 5.41) is 0. The van der Waals surface area contributed by atoms with Gasteiger partial charge in [-0.3, -0.25) is 4.79 Å². The van der Waals surface area contributed by atoms with Crippen LogP contribution < -0.4 is 5.73 Å². The third-order valence-electron chi connectivity index (χ3n) is 1.79. The van der Waals surface area contributed by atoms with Crippen molar-refractivity contribution in [3.63, 3.8) is 0 Å². The van der Waals surface area contributed by atoms with Gasteiger partial charge in [0.2, 0.25) is 6.10 Å². The molecule has 2 rings (SSSR count). The number of aliphatic imine (C=N–C) groups is 1. The first-order valence-electron chi connectivity index (χ1n) is 3.87. The number of carbonyl (C=O) groups excluding carboxylic acids is 1. The van der Waals surface area contributed by atoms with Gasteiger partial charge in [-0.05, 0) is 0 Å². The zero-order valence-corrected chi connectivity index (χ0v) is 8.93. The van der Waals surface area contributed by atoms with Crippen molar-refractivity contribution < 1.29 is 12.4 Å². The number of hydrogen-bond acceptors (Lipinski definition) is 3. The van der Waals surface area contributed by atoms with Crippen molar-refractivity contribution in [2.24, 2.45) is 10.7 Å². The van der Waals surface area contributed by atoms with Crippen molar-refractivity contribution in [3.05, 3.63) is 35.9 Å². The van der Waals surface area contributed by atoms with Crippen LogP contribution in [-0.2, 0) is 9.53 Å². The summed E-state index contributed by atoms with van der Waals surface area (Å²) in [7, 11) is 0. The third-order valence-corrected chi connectivity index (χ3v) is 1.79. The maximum atomic E-state index is 11.2. The number of ether oxygens (including phenoxy) is 1. The number of carbonyl (C=O) groups is 1. The zero-order valence-electron chi connectivity index (χ0n) is 9.51. The fourth-order valence-electron chi connectivity index (χ4n) is 1.20. The maximum Gasteiger partial charge on any atom is 2.00 e. The van der Waals surface area contributed by atoms with E-state index in [1.807, 2.05) is 18.2 Å². The average Bonchev–Trinajstić information content (AvgIpc) is 2.47. The summed E-state index contributed by atoms with van der Waals surface area (Å²) in [6, 6.07) is 9.08. The zero-order chi connectivity index (χ0) is 9.26. The summed E-state index contributed by atoms with van der Waals surface area (Å²) in [6.07, 6.45) is -0.652. The molecule has 1 unspecified atom stereocenters. The molecule has 1 amide bonds. The molecule has 1 aromatic rings. The van der Waals surface area contributed by atoms with Crippen LogP contribution in [-0.4, -0.2) is 35.0 Å². The maximum absolute atomic E-state index is 11.2. The summed E-state index contributed by atoms with van der Waals surface area (Å²) in [4.78, 5) is 14.7. The van der Waals surface area contributed by atoms with Crippen LogP contribution in [0.4, 0.5) is 0 Å². The Bertz CT molecular complexity index is 373. The molecule has 0 spiro atoms. The van der Waals surface area contributed by atoms with Crippen LogP contribution in [0.5, 0.6) is 0 Å². The number of amidine groups is 1. The van der Waals surface area contributed by atoms with Gasteiger partial charge in [-0.15, -0.1) is 0 Å². The van der Waals surface area contributed by atoms with Gasteiger partial charge in [0.25, 0.3) is 11.9 Å². The summed E-state index contributed by atoms with van der Waals surface area (Å²) in [5.41, 5.74) is 6.03. The second-order valence-electron chi connectivity index (χ2n) is 2.70. The Morgan fingerprint density at radius 3 is 2.50 bits per heavy atom. The summed E-state index contributed by atoms with van der Waals surface area (Å²) >= 11 is 0. The molecule has 2 N–H and O–H groups in total. The predicted molar refractivity (Wildman–Crippen MR) is 54.9 cm³/mol. The van der Waals surface area contributed by atoms with E-state index in [9.17, 15) is 4.79 Å². The van der Waals surface area contributed by atoms with Gasteiger partial charge in [0.1, 0.15) is 0 Å². The molecule has 1 atom stereocenters. The molecule has 1 aliphatic heterocycles. The molecule has 70 valence electrons. The Morgan fingerprint density at radius 1 is 1.36 bits per heavy atom. The van der Waals surface area contributed by atoms with Gasteiger partial charge in [-0.2, -0.15) is 4.99 Å². The van der Waals surface area contributed by atoms with Crippen LogP contribution in [0.25, 0.3) is 0 Å². The second-order valence-corrected chi connectivity index (χ2v) is 2.70. The molecule has 14 heavy (non-hydrogen) atoms. The van der Waals surface area contributed by atoms with Gasteiger partial charge < -0.3 is 13.3 Å². The summed E-state index contributed by atoms with van der Waals surface area (Å²) < 4.78 is 5.04. The Balaban J connectivity index is 0. The fraction of sp³-hybridized carbons (Fsp3) is 0.111. The predicted octanol–water partition coefficient (Wildman–Crippen LogP) is 0.443. The number of nitrogens with zero attached hydrogens (tertiary/aromatic N) is 1. The quantitative estimate of drug-likeness (QED) is 0.672. The van der Waals surface area contributed by atoms with Gasteiger partial charge in [-0.25, -0.2) is 0 Å². The van der Waals surface area contributed by atoms with Crippen LogP contribution in [0, 0.1) is 0 Å². The monoisotopic (exact) mass is 202 g/mol. The van der Waals surface area contributed by atoms with Crippen LogP contribution in [0.3, 0.4) is 0 Å². The second kappa shape index (κ2) is 4.43. The van der Waals surface area contributed by atoms with Crippen LogP contribution in [0.2, 0.25) is 0 Å². The average molecular weight is 202 g/mol. The van der Waals surface area contributed by atoms with Crippen molar-refractivity contribution in [1.29, 1.82) is 0 Å². The van der Waals surface area contributed by atoms with Crippen molar-refractivity contribution in [2.45, 2.75) is 6.10 Å². The third kappa shape index (κ3) is 2.05. The number of nitrogens with two attached hydrogens (primary N) is 1. The minimum Gasteiger partial charge on any atom is -1.00 e. The van der Waals surface area contributed by atoms with Crippen molar-refractivity contribution in [1.82, 2.24) is 0 Å². The molecule has 1 aromatic carbocycles. The topological polar surface area (TPSA) is 64.7 Å². The molecule has 0 aliphatic carbocycles. The molecule has 0 bridgehead atoms. The Hall–Kier alpha value is -1.07. The molecular weight excluding hydrogens is 192 g/mol.